The van der Waals surface area contributed by atoms with Crippen LogP contribution >= 0.6 is 0 Å². The van der Waals surface area contributed by atoms with E-state index in [0.29, 0.717) is 24.2 Å². The van der Waals surface area contributed by atoms with Gasteiger partial charge in [-0.2, -0.15) is 0 Å². The van der Waals surface area contributed by atoms with Crippen LogP contribution in [0.4, 0.5) is 0 Å². The number of hydrogen-bond donors (Lipinski definition) is 8. The van der Waals surface area contributed by atoms with Gasteiger partial charge in [0.2, 0.25) is 17.7 Å². The first-order chi connectivity index (χ1) is 18.6. The Labute approximate surface area is 223 Å². The van der Waals surface area contributed by atoms with E-state index < -0.39 is 54.3 Å². The number of rotatable bonds is 14. The van der Waals surface area contributed by atoms with Gasteiger partial charge in [-0.15, -0.1) is 0 Å². The summed E-state index contributed by atoms with van der Waals surface area (Å²) in [6.07, 6.45) is 3.49. The predicted octanol–water partition coefficient (Wildman–Crippen LogP) is -0.944. The quantitative estimate of drug-likeness (QED) is 0.146. The van der Waals surface area contributed by atoms with Gasteiger partial charge in [0.05, 0.1) is 12.4 Å². The van der Waals surface area contributed by atoms with Crippen molar-refractivity contribution in [2.24, 2.45) is 0 Å². The number of phenolic OH excluding ortho intramolecular Hbond substituents is 1. The van der Waals surface area contributed by atoms with Crippen molar-refractivity contribution in [3.8, 4) is 5.75 Å². The van der Waals surface area contributed by atoms with Crippen LogP contribution in [0.1, 0.15) is 36.9 Å². The lowest BCUT2D eigenvalue weighted by atomic mass is 10.0. The van der Waals surface area contributed by atoms with Gasteiger partial charge in [0.15, 0.2) is 0 Å². The maximum atomic E-state index is 13.4. The number of hydrogen-bond acceptors (Lipinski definition) is 8. The van der Waals surface area contributed by atoms with E-state index in [1.165, 1.54) is 36.8 Å². The molecule has 1 aliphatic rings. The van der Waals surface area contributed by atoms with Crippen LogP contribution in [0.3, 0.4) is 0 Å². The van der Waals surface area contributed by atoms with Crippen molar-refractivity contribution in [3.63, 3.8) is 0 Å². The van der Waals surface area contributed by atoms with Crippen molar-refractivity contribution in [3.05, 3.63) is 48.0 Å². The van der Waals surface area contributed by atoms with Crippen molar-refractivity contribution < 1.29 is 39.3 Å². The summed E-state index contributed by atoms with van der Waals surface area (Å²) in [6.45, 7) is 0.678. The fourth-order valence-electron chi connectivity index (χ4n) is 4.15. The summed E-state index contributed by atoms with van der Waals surface area (Å²) in [5.41, 5.74) is 1.11. The van der Waals surface area contributed by atoms with Crippen molar-refractivity contribution in [2.45, 2.75) is 62.7 Å². The Morgan fingerprint density at radius 2 is 1.62 bits per heavy atom. The van der Waals surface area contributed by atoms with Crippen LogP contribution < -0.4 is 21.3 Å². The van der Waals surface area contributed by atoms with Gasteiger partial charge in [0, 0.05) is 31.2 Å². The zero-order valence-electron chi connectivity index (χ0n) is 21.1. The lowest BCUT2D eigenvalue weighted by Crippen LogP contribution is -2.58. The maximum absolute atomic E-state index is 13.4. The van der Waals surface area contributed by atoms with Gasteiger partial charge in [-0.05, 0) is 43.5 Å². The highest BCUT2D eigenvalue weighted by molar-refractivity contribution is 5.94. The van der Waals surface area contributed by atoms with Gasteiger partial charge in [-0.3, -0.25) is 19.2 Å². The monoisotopic (exact) mass is 544 g/mol. The largest absolute Gasteiger partial charge is 0.508 e. The number of nitrogens with zero attached hydrogens (tertiary/aromatic N) is 1. The van der Waals surface area contributed by atoms with Crippen LogP contribution in [0.25, 0.3) is 0 Å². The number of H-pyrrole nitrogens is 1. The van der Waals surface area contributed by atoms with Gasteiger partial charge in [-0.25, -0.2) is 9.78 Å². The van der Waals surface area contributed by atoms with Gasteiger partial charge >= 0.3 is 11.9 Å². The minimum absolute atomic E-state index is 0.00810. The fraction of sp³-hybridized carbons (Fsp3) is 0.440. The van der Waals surface area contributed by atoms with E-state index in [9.17, 15) is 34.2 Å². The third-order valence-corrected chi connectivity index (χ3v) is 6.26. The van der Waals surface area contributed by atoms with Crippen LogP contribution in [0.15, 0.2) is 36.8 Å². The number of nitrogens with one attached hydrogen (secondary N) is 5. The number of carbonyl (C=O) groups is 5. The Bertz CT molecular complexity index is 1150. The number of aromatic amines is 1. The van der Waals surface area contributed by atoms with E-state index in [2.05, 4.69) is 31.2 Å². The van der Waals surface area contributed by atoms with Crippen molar-refractivity contribution >= 4 is 29.7 Å². The molecule has 0 aliphatic carbocycles. The number of carboxylic acid groups (broad SMARTS) is 2. The zero-order chi connectivity index (χ0) is 28.4. The Morgan fingerprint density at radius 1 is 0.949 bits per heavy atom. The number of imidazole rings is 1. The summed E-state index contributed by atoms with van der Waals surface area (Å²) in [5.74, 6) is -4.56. The lowest BCUT2D eigenvalue weighted by Gasteiger charge is -2.25. The first kappa shape index (κ1) is 29.1. The molecule has 0 bridgehead atoms. The molecular weight excluding hydrogens is 512 g/mol. The van der Waals surface area contributed by atoms with Crippen molar-refractivity contribution in [1.82, 2.24) is 31.2 Å². The number of aromatic hydroxyl groups is 1. The van der Waals surface area contributed by atoms with Crippen molar-refractivity contribution in [1.29, 1.82) is 0 Å². The number of amides is 3. The minimum atomic E-state index is -1.50. The predicted molar refractivity (Wildman–Crippen MR) is 135 cm³/mol. The molecule has 0 spiro atoms. The summed E-state index contributed by atoms with van der Waals surface area (Å²) in [4.78, 5) is 68.7. The molecule has 3 rings (SSSR count). The number of aromatic nitrogens is 2. The van der Waals surface area contributed by atoms with Gasteiger partial charge in [0.1, 0.15) is 23.9 Å². The molecule has 14 nitrogen and oxygen atoms in total. The average molecular weight is 545 g/mol. The highest BCUT2D eigenvalue weighted by Crippen LogP contribution is 2.13. The molecule has 3 amide bonds. The summed E-state index contributed by atoms with van der Waals surface area (Å²) < 4.78 is 0. The molecule has 8 N–H and O–H groups in total. The van der Waals surface area contributed by atoms with Crippen LogP contribution in [-0.4, -0.2) is 85.7 Å². The number of aliphatic carboxylic acids is 2. The summed E-state index contributed by atoms with van der Waals surface area (Å²) in [6, 6.07) is 1.55. The Hall–Kier alpha value is -4.46. The third-order valence-electron chi connectivity index (χ3n) is 6.26. The summed E-state index contributed by atoms with van der Waals surface area (Å²) in [7, 11) is 0. The van der Waals surface area contributed by atoms with E-state index in [1.807, 2.05) is 0 Å². The molecule has 1 aromatic heterocycles. The maximum Gasteiger partial charge on any atom is 0.326 e. The molecule has 1 saturated heterocycles. The molecule has 1 aliphatic heterocycles. The molecule has 210 valence electrons. The topological polar surface area (TPSA) is 223 Å². The average Bonchev–Trinajstić information content (AvgIpc) is 3.61. The first-order valence-corrected chi connectivity index (χ1v) is 12.5. The van der Waals surface area contributed by atoms with Crippen LogP contribution in [0, 0.1) is 0 Å². The Kier molecular flexibility index (Phi) is 10.4. The molecule has 1 fully saturated rings. The molecule has 0 saturated carbocycles. The summed E-state index contributed by atoms with van der Waals surface area (Å²) >= 11 is 0. The molecule has 4 atom stereocenters. The van der Waals surface area contributed by atoms with Crippen LogP contribution in [0.5, 0.6) is 5.75 Å². The first-order valence-electron chi connectivity index (χ1n) is 12.5. The van der Waals surface area contributed by atoms with E-state index in [0.717, 1.165) is 6.42 Å². The van der Waals surface area contributed by atoms with Crippen LogP contribution in [0.2, 0.25) is 0 Å². The highest BCUT2D eigenvalue weighted by Gasteiger charge is 2.32. The number of benzene rings is 1. The van der Waals surface area contributed by atoms with Crippen LogP contribution in [-0.2, 0) is 36.8 Å². The highest BCUT2D eigenvalue weighted by atomic mass is 16.4. The minimum Gasteiger partial charge on any atom is -0.508 e. The van der Waals surface area contributed by atoms with Gasteiger partial charge < -0.3 is 41.6 Å². The molecule has 14 heteroatoms. The number of carbonyl (C=O) groups excluding carboxylic acids is 3. The molecular formula is C25H32N6O8. The second kappa shape index (κ2) is 13.9. The van der Waals surface area contributed by atoms with E-state index in [4.69, 9.17) is 5.11 Å². The van der Waals surface area contributed by atoms with E-state index in [-0.39, 0.29) is 30.9 Å². The fourth-order valence-corrected chi connectivity index (χ4v) is 4.15. The Balaban J connectivity index is 1.80. The molecule has 2 aromatic rings. The van der Waals surface area contributed by atoms with E-state index >= 15 is 0 Å². The zero-order valence-corrected chi connectivity index (χ0v) is 21.1. The molecule has 2 heterocycles. The summed E-state index contributed by atoms with van der Waals surface area (Å²) in [5, 5.41) is 38.6. The number of carboxylic acids is 2. The normalized spacial score (nSPS) is 17.0. The second-order valence-electron chi connectivity index (χ2n) is 9.25. The molecule has 39 heavy (non-hydrogen) atoms. The molecule has 4 unspecified atom stereocenters. The standard InChI is InChI=1S/C25H32N6O8/c32-16-5-3-14(4-6-16)10-19(23(36)29-18(25(38)39)7-8-21(33)34)30-24(37)20(11-15-12-26-13-28-15)31-22(35)17-2-1-9-27-17/h3-6,12-13,17-20,27,32H,1-2,7-11H2,(H,26,28)(H,29,36)(H,30,37)(H,31,35)(H,33,34)(H,38,39). The smallest absolute Gasteiger partial charge is 0.326 e. The van der Waals surface area contributed by atoms with Gasteiger partial charge in [-0.1, -0.05) is 12.1 Å². The SMILES string of the molecule is O=C(O)CCC(NC(=O)C(Cc1ccc(O)cc1)NC(=O)C(Cc1cnc[nH]1)NC(=O)C1CCCN1)C(=O)O. The van der Waals surface area contributed by atoms with Gasteiger partial charge in [0.25, 0.3) is 0 Å². The molecule has 0 radical (unpaired) electrons. The van der Waals surface area contributed by atoms with Crippen molar-refractivity contribution in [2.75, 3.05) is 6.54 Å². The number of phenols is 1. The van der Waals surface area contributed by atoms with E-state index in [1.54, 1.807) is 0 Å². The second-order valence-corrected chi connectivity index (χ2v) is 9.25. The Morgan fingerprint density at radius 3 is 2.18 bits per heavy atom. The lowest BCUT2D eigenvalue weighted by molar-refractivity contribution is -0.143. The third kappa shape index (κ3) is 9.10. The molecule has 1 aromatic carbocycles.